The minimum absolute atomic E-state index is 0.0923. The van der Waals surface area contributed by atoms with E-state index in [1.165, 1.54) is 0 Å². The summed E-state index contributed by atoms with van der Waals surface area (Å²) in [5.74, 6) is -6.63. The lowest BCUT2D eigenvalue weighted by atomic mass is 10.1. The molecule has 0 aliphatic heterocycles. The largest absolute Gasteiger partial charge is 0.480 e. The average molecular weight is 402 g/mol. The Morgan fingerprint density at radius 2 is 1.75 bits per heavy atom. The summed E-state index contributed by atoms with van der Waals surface area (Å²) in [7, 11) is 0. The number of halogens is 4. The number of benzene rings is 2. The molecule has 24 heavy (non-hydrogen) atoms. The van der Waals surface area contributed by atoms with E-state index in [4.69, 9.17) is 0 Å². The molecule has 0 aliphatic carbocycles. The van der Waals surface area contributed by atoms with Crippen molar-refractivity contribution in [2.24, 2.45) is 0 Å². The van der Waals surface area contributed by atoms with Crippen molar-refractivity contribution in [2.75, 3.05) is 0 Å². The first-order valence-electron chi connectivity index (χ1n) is 6.70. The molecule has 0 unspecified atom stereocenters. The Bertz CT molecular complexity index is 775. The van der Waals surface area contributed by atoms with Crippen LogP contribution in [0.15, 0.2) is 40.9 Å². The van der Waals surface area contributed by atoms with E-state index in [0.717, 1.165) is 0 Å². The zero-order chi connectivity index (χ0) is 17.9. The number of hydrogen-bond donors (Lipinski definition) is 2. The predicted octanol–water partition coefficient (Wildman–Crippen LogP) is 3.29. The Labute approximate surface area is 143 Å². The molecule has 1 atom stereocenters. The Morgan fingerprint density at radius 3 is 2.29 bits per heavy atom. The van der Waals surface area contributed by atoms with Gasteiger partial charge in [-0.25, -0.2) is 18.0 Å². The third kappa shape index (κ3) is 4.35. The van der Waals surface area contributed by atoms with Crippen LogP contribution in [0.4, 0.5) is 13.2 Å². The van der Waals surface area contributed by atoms with Crippen LogP contribution in [0.1, 0.15) is 15.9 Å². The van der Waals surface area contributed by atoms with Gasteiger partial charge in [-0.2, -0.15) is 0 Å². The van der Waals surface area contributed by atoms with Gasteiger partial charge in [0.2, 0.25) is 0 Å². The SMILES string of the molecule is O=C(N[C@@H](Cc1cccc(Br)c1)C(=O)O)c1c(F)cc(F)cc1F. The molecule has 2 rings (SSSR count). The van der Waals surface area contributed by atoms with Crippen molar-refractivity contribution < 1.29 is 27.9 Å². The zero-order valence-corrected chi connectivity index (χ0v) is 13.6. The highest BCUT2D eigenvalue weighted by molar-refractivity contribution is 9.10. The van der Waals surface area contributed by atoms with E-state index in [2.05, 4.69) is 15.9 Å². The Balaban J connectivity index is 2.22. The van der Waals surface area contributed by atoms with Gasteiger partial charge in [0.25, 0.3) is 5.91 Å². The molecule has 2 aromatic carbocycles. The number of rotatable bonds is 5. The highest BCUT2D eigenvalue weighted by Crippen LogP contribution is 2.16. The number of hydrogen-bond acceptors (Lipinski definition) is 2. The highest BCUT2D eigenvalue weighted by Gasteiger charge is 2.25. The van der Waals surface area contributed by atoms with E-state index in [9.17, 15) is 27.9 Å². The summed E-state index contributed by atoms with van der Waals surface area (Å²) in [6, 6.07) is 6.01. The van der Waals surface area contributed by atoms with E-state index < -0.39 is 40.9 Å². The fourth-order valence-corrected chi connectivity index (χ4v) is 2.54. The molecule has 0 saturated heterocycles. The molecule has 0 aromatic heterocycles. The summed E-state index contributed by atoms with van der Waals surface area (Å²) < 4.78 is 40.8. The van der Waals surface area contributed by atoms with E-state index in [0.29, 0.717) is 22.2 Å². The van der Waals surface area contributed by atoms with Gasteiger partial charge in [-0.05, 0) is 17.7 Å². The van der Waals surface area contributed by atoms with Crippen molar-refractivity contribution in [3.63, 3.8) is 0 Å². The van der Waals surface area contributed by atoms with Crippen molar-refractivity contribution in [1.29, 1.82) is 0 Å². The fraction of sp³-hybridized carbons (Fsp3) is 0.125. The van der Waals surface area contributed by atoms with Gasteiger partial charge in [-0.15, -0.1) is 0 Å². The zero-order valence-electron chi connectivity index (χ0n) is 12.0. The molecule has 0 radical (unpaired) electrons. The maximum absolute atomic E-state index is 13.6. The van der Waals surface area contributed by atoms with Crippen LogP contribution in [-0.4, -0.2) is 23.0 Å². The van der Waals surface area contributed by atoms with Crippen LogP contribution in [0.5, 0.6) is 0 Å². The van der Waals surface area contributed by atoms with Crippen molar-refractivity contribution >= 4 is 27.8 Å². The Morgan fingerprint density at radius 1 is 1.12 bits per heavy atom. The molecular weight excluding hydrogens is 391 g/mol. The molecule has 126 valence electrons. The summed E-state index contributed by atoms with van der Waals surface area (Å²) in [6.45, 7) is 0. The number of nitrogens with one attached hydrogen (secondary N) is 1. The first kappa shape index (κ1) is 18.0. The lowest BCUT2D eigenvalue weighted by Gasteiger charge is -2.15. The van der Waals surface area contributed by atoms with Crippen LogP contribution in [0, 0.1) is 17.5 Å². The van der Waals surface area contributed by atoms with Crippen molar-refractivity contribution in [3.8, 4) is 0 Å². The van der Waals surface area contributed by atoms with Crippen LogP contribution in [0.25, 0.3) is 0 Å². The molecule has 0 spiro atoms. The number of carboxylic acid groups (broad SMARTS) is 1. The fourth-order valence-electron chi connectivity index (χ4n) is 2.09. The number of carbonyl (C=O) groups excluding carboxylic acids is 1. The smallest absolute Gasteiger partial charge is 0.326 e. The molecule has 2 N–H and O–H groups in total. The van der Waals surface area contributed by atoms with Crippen LogP contribution in [0.2, 0.25) is 0 Å². The second-order valence-corrected chi connectivity index (χ2v) is 5.86. The van der Waals surface area contributed by atoms with Gasteiger partial charge in [-0.3, -0.25) is 4.79 Å². The van der Waals surface area contributed by atoms with Gasteiger partial charge >= 0.3 is 5.97 Å². The summed E-state index contributed by atoms with van der Waals surface area (Å²) >= 11 is 3.23. The molecule has 0 heterocycles. The number of carboxylic acids is 1. The van der Waals surface area contributed by atoms with E-state index >= 15 is 0 Å². The van der Waals surface area contributed by atoms with Crippen LogP contribution < -0.4 is 5.32 Å². The van der Waals surface area contributed by atoms with E-state index in [-0.39, 0.29) is 6.42 Å². The number of carbonyl (C=O) groups is 2. The minimum Gasteiger partial charge on any atom is -0.480 e. The maximum Gasteiger partial charge on any atom is 0.326 e. The van der Waals surface area contributed by atoms with Gasteiger partial charge in [0.05, 0.1) is 0 Å². The molecule has 0 saturated carbocycles. The lowest BCUT2D eigenvalue weighted by Crippen LogP contribution is -2.43. The average Bonchev–Trinajstić information content (AvgIpc) is 2.45. The third-order valence-corrected chi connectivity index (χ3v) is 3.66. The molecule has 4 nitrogen and oxygen atoms in total. The minimum atomic E-state index is -1.41. The Kier molecular flexibility index (Phi) is 5.61. The Hall–Kier alpha value is -2.35. The first-order chi connectivity index (χ1) is 11.3. The van der Waals surface area contributed by atoms with Crippen molar-refractivity contribution in [3.05, 3.63) is 69.4 Å². The van der Waals surface area contributed by atoms with Crippen molar-refractivity contribution in [1.82, 2.24) is 5.32 Å². The maximum atomic E-state index is 13.6. The molecule has 1 amide bonds. The summed E-state index contributed by atoms with van der Waals surface area (Å²) in [5, 5.41) is 11.3. The summed E-state index contributed by atoms with van der Waals surface area (Å²) in [4.78, 5) is 23.3. The van der Waals surface area contributed by atoms with Gasteiger partial charge < -0.3 is 10.4 Å². The van der Waals surface area contributed by atoms with E-state index in [1.54, 1.807) is 24.3 Å². The number of aliphatic carboxylic acids is 1. The summed E-state index contributed by atoms with van der Waals surface area (Å²) in [5.41, 5.74) is -0.436. The summed E-state index contributed by atoms with van der Waals surface area (Å²) in [6.07, 6.45) is -0.0923. The van der Waals surface area contributed by atoms with Gasteiger partial charge in [0.1, 0.15) is 29.1 Å². The van der Waals surface area contributed by atoms with Crippen molar-refractivity contribution in [2.45, 2.75) is 12.5 Å². The molecular formula is C16H11BrF3NO3. The molecule has 8 heteroatoms. The third-order valence-electron chi connectivity index (χ3n) is 3.17. The molecule has 0 fully saturated rings. The lowest BCUT2D eigenvalue weighted by molar-refractivity contribution is -0.139. The topological polar surface area (TPSA) is 66.4 Å². The predicted molar refractivity (Wildman–Crippen MR) is 83.1 cm³/mol. The van der Waals surface area contributed by atoms with Crippen LogP contribution in [0.3, 0.4) is 0 Å². The van der Waals surface area contributed by atoms with Crippen LogP contribution in [-0.2, 0) is 11.2 Å². The standard InChI is InChI=1S/C16H11BrF3NO3/c17-9-3-1-2-8(4-9)5-13(16(23)24)21-15(22)14-11(19)6-10(18)7-12(14)20/h1-4,6-7,13H,5H2,(H,21,22)(H,23,24)/t13-/m0/s1. The second kappa shape index (κ2) is 7.48. The van der Waals surface area contributed by atoms with Gasteiger partial charge in [0.15, 0.2) is 0 Å². The van der Waals surface area contributed by atoms with E-state index in [1.807, 2.05) is 5.32 Å². The second-order valence-electron chi connectivity index (χ2n) is 4.94. The monoisotopic (exact) mass is 401 g/mol. The van der Waals surface area contributed by atoms with Gasteiger partial charge in [0, 0.05) is 23.0 Å². The molecule has 0 bridgehead atoms. The molecule has 0 aliphatic rings. The quantitative estimate of drug-likeness (QED) is 0.807. The normalized spacial score (nSPS) is 11.8. The number of amides is 1. The first-order valence-corrected chi connectivity index (χ1v) is 7.50. The van der Waals surface area contributed by atoms with Crippen LogP contribution >= 0.6 is 15.9 Å². The highest BCUT2D eigenvalue weighted by atomic mass is 79.9. The molecule has 2 aromatic rings. The van der Waals surface area contributed by atoms with Gasteiger partial charge in [-0.1, -0.05) is 28.1 Å².